The number of fused-ring (bicyclic) bond motifs is 1. The summed E-state index contributed by atoms with van der Waals surface area (Å²) in [6.07, 6.45) is 11.4. The third kappa shape index (κ3) is 6.25. The molecule has 31 heavy (non-hydrogen) atoms. The van der Waals surface area contributed by atoms with Crippen LogP contribution >= 0.6 is 23.4 Å². The van der Waals surface area contributed by atoms with Gasteiger partial charge in [-0.05, 0) is 64.8 Å². The van der Waals surface area contributed by atoms with E-state index in [0.29, 0.717) is 17.8 Å². The maximum atomic E-state index is 12.3. The van der Waals surface area contributed by atoms with Gasteiger partial charge in [0.05, 0.1) is 5.02 Å². The molecule has 0 aromatic heterocycles. The van der Waals surface area contributed by atoms with Gasteiger partial charge in [-0.15, -0.1) is 24.6 Å². The van der Waals surface area contributed by atoms with Crippen LogP contribution in [0, 0.1) is 12.8 Å². The van der Waals surface area contributed by atoms with Gasteiger partial charge in [0.15, 0.2) is 0 Å². The predicted octanol–water partition coefficient (Wildman–Crippen LogP) is 4.98. The van der Waals surface area contributed by atoms with Crippen LogP contribution < -0.4 is 4.90 Å². The molecule has 1 aromatic rings. The van der Waals surface area contributed by atoms with Gasteiger partial charge in [0.25, 0.3) is 0 Å². The van der Waals surface area contributed by atoms with Crippen molar-refractivity contribution in [3.05, 3.63) is 23.2 Å². The van der Waals surface area contributed by atoms with Crippen molar-refractivity contribution in [2.75, 3.05) is 44.2 Å². The highest BCUT2D eigenvalue weighted by molar-refractivity contribution is 8.00. The third-order valence-corrected chi connectivity index (χ3v) is 7.71. The van der Waals surface area contributed by atoms with Crippen LogP contribution in [0.2, 0.25) is 5.02 Å². The number of nitrogens with zero attached hydrogens (tertiary/aromatic N) is 3. The van der Waals surface area contributed by atoms with Crippen LogP contribution in [0.25, 0.3) is 0 Å². The van der Waals surface area contributed by atoms with Crippen molar-refractivity contribution < 1.29 is 9.53 Å². The van der Waals surface area contributed by atoms with Crippen molar-refractivity contribution in [3.63, 3.8) is 0 Å². The van der Waals surface area contributed by atoms with Crippen molar-refractivity contribution in [2.45, 2.75) is 61.8 Å². The molecule has 3 aliphatic rings. The van der Waals surface area contributed by atoms with Gasteiger partial charge in [-0.1, -0.05) is 11.6 Å². The summed E-state index contributed by atoms with van der Waals surface area (Å²) in [5.41, 5.74) is 0.776. The maximum absolute atomic E-state index is 12.3. The summed E-state index contributed by atoms with van der Waals surface area (Å²) in [6, 6.07) is 7.18. The van der Waals surface area contributed by atoms with Gasteiger partial charge in [0.1, 0.15) is 5.60 Å². The number of carbonyl (C=O) groups excluding carboxylic acids is 1. The average molecular weight is 464 g/mol. The molecule has 2 atom stereocenters. The molecular weight excluding hydrogens is 430 g/mol. The van der Waals surface area contributed by atoms with Gasteiger partial charge in [-0.3, -0.25) is 4.90 Å². The van der Waals surface area contributed by atoms with Crippen LogP contribution in [0.3, 0.4) is 0 Å². The number of ether oxygens (including phenoxy) is 1. The van der Waals surface area contributed by atoms with Gasteiger partial charge >= 0.3 is 6.09 Å². The van der Waals surface area contributed by atoms with Gasteiger partial charge in [-0.25, -0.2) is 4.79 Å². The summed E-state index contributed by atoms with van der Waals surface area (Å²) in [7, 11) is 0. The van der Waals surface area contributed by atoms with E-state index in [0.717, 1.165) is 42.5 Å². The number of carbonyl (C=O) groups is 1. The van der Waals surface area contributed by atoms with Crippen LogP contribution in [-0.4, -0.2) is 72.1 Å². The van der Waals surface area contributed by atoms with Crippen molar-refractivity contribution in [1.29, 1.82) is 0 Å². The molecule has 3 heterocycles. The summed E-state index contributed by atoms with van der Waals surface area (Å²) in [5.74, 6) is 0. The molecular formula is C24H34ClN3O2S. The second-order valence-corrected chi connectivity index (χ2v) is 11.1. The summed E-state index contributed by atoms with van der Waals surface area (Å²) >= 11 is 8.44. The molecule has 3 saturated heterocycles. The number of halogens is 1. The SMILES string of the molecule is C#C.CC(C)(C)OC(=O)N1CCC(Sc2ccc(N3CCN4CCCC4C3)cc2Cl)C1. The molecule has 0 N–H and O–H groups in total. The molecule has 0 spiro atoms. The minimum atomic E-state index is -0.453. The Bertz CT molecular complexity index is 795. The van der Waals surface area contributed by atoms with Crippen molar-refractivity contribution in [1.82, 2.24) is 9.80 Å². The van der Waals surface area contributed by atoms with E-state index in [9.17, 15) is 4.79 Å². The highest BCUT2D eigenvalue weighted by atomic mass is 35.5. The highest BCUT2D eigenvalue weighted by Crippen LogP contribution is 2.37. The number of rotatable bonds is 3. The first-order chi connectivity index (χ1) is 14.8. The zero-order chi connectivity index (χ0) is 22.6. The van der Waals surface area contributed by atoms with E-state index in [1.807, 2.05) is 25.7 Å². The first-order valence-corrected chi connectivity index (χ1v) is 12.3. The van der Waals surface area contributed by atoms with Gasteiger partial charge in [0, 0.05) is 54.6 Å². The molecule has 1 amide bonds. The lowest BCUT2D eigenvalue weighted by Crippen LogP contribution is -2.50. The van der Waals surface area contributed by atoms with Crippen molar-refractivity contribution in [3.8, 4) is 12.8 Å². The van der Waals surface area contributed by atoms with Crippen LogP contribution in [0.1, 0.15) is 40.0 Å². The van der Waals surface area contributed by atoms with E-state index < -0.39 is 5.60 Å². The molecule has 2 unspecified atom stereocenters. The lowest BCUT2D eigenvalue weighted by atomic mass is 10.1. The van der Waals surface area contributed by atoms with E-state index in [2.05, 4.69) is 40.8 Å². The average Bonchev–Trinajstić information content (AvgIpc) is 3.38. The van der Waals surface area contributed by atoms with E-state index in [1.165, 1.54) is 25.1 Å². The molecule has 0 radical (unpaired) electrons. The monoisotopic (exact) mass is 463 g/mol. The highest BCUT2D eigenvalue weighted by Gasteiger charge is 2.32. The predicted molar refractivity (Wildman–Crippen MR) is 130 cm³/mol. The number of hydrogen-bond acceptors (Lipinski definition) is 5. The number of likely N-dealkylation sites (tertiary alicyclic amines) is 1. The standard InChI is InChI=1S/C22H32ClN3O2S.C2H2/c1-22(2,3)28-21(27)26-10-8-18(15-26)29-20-7-6-16(13-19(20)23)25-12-11-24-9-4-5-17(24)14-25;1-2/h6-7,13,17-18H,4-5,8-12,14-15H2,1-3H3;1-2H. The summed E-state index contributed by atoms with van der Waals surface area (Å²) in [6.45, 7) is 11.8. The normalized spacial score (nSPS) is 23.8. The summed E-state index contributed by atoms with van der Waals surface area (Å²) in [4.78, 5) is 20.3. The molecule has 0 bridgehead atoms. The molecule has 0 saturated carbocycles. The van der Waals surface area contributed by atoms with Crippen LogP contribution in [-0.2, 0) is 4.74 Å². The largest absolute Gasteiger partial charge is 0.444 e. The Labute approximate surface area is 196 Å². The number of piperazine rings is 1. The topological polar surface area (TPSA) is 36.0 Å². The second-order valence-electron chi connectivity index (χ2n) is 9.35. The number of amides is 1. The molecule has 1 aromatic carbocycles. The zero-order valence-electron chi connectivity index (χ0n) is 18.8. The van der Waals surface area contributed by atoms with E-state index in [4.69, 9.17) is 16.3 Å². The fourth-order valence-corrected chi connectivity index (χ4v) is 5.97. The molecule has 7 heteroatoms. The third-order valence-electron chi connectivity index (χ3n) is 5.96. The van der Waals surface area contributed by atoms with E-state index >= 15 is 0 Å². The lowest BCUT2D eigenvalue weighted by Gasteiger charge is -2.39. The van der Waals surface area contributed by atoms with Crippen LogP contribution in [0.15, 0.2) is 23.1 Å². The molecule has 3 fully saturated rings. The Morgan fingerprint density at radius 2 is 1.90 bits per heavy atom. The number of thioether (sulfide) groups is 1. The number of benzene rings is 1. The van der Waals surface area contributed by atoms with Crippen LogP contribution in [0.4, 0.5) is 10.5 Å². The zero-order valence-corrected chi connectivity index (χ0v) is 20.4. The first kappa shape index (κ1) is 24.1. The molecule has 3 aliphatic heterocycles. The Balaban J connectivity index is 0.00000132. The fourth-order valence-electron chi connectivity index (χ4n) is 4.50. The quantitative estimate of drug-likeness (QED) is 0.591. The Hall–Kier alpha value is -1.55. The molecule has 0 aliphatic carbocycles. The minimum Gasteiger partial charge on any atom is -0.444 e. The Morgan fingerprint density at radius 1 is 1.13 bits per heavy atom. The number of hydrogen-bond donors (Lipinski definition) is 0. The van der Waals surface area contributed by atoms with E-state index in [1.54, 1.807) is 11.8 Å². The molecule has 170 valence electrons. The Morgan fingerprint density at radius 3 is 2.61 bits per heavy atom. The second kappa shape index (κ2) is 10.4. The fraction of sp³-hybridized carbons (Fsp3) is 0.625. The van der Waals surface area contributed by atoms with Gasteiger partial charge in [-0.2, -0.15) is 0 Å². The summed E-state index contributed by atoms with van der Waals surface area (Å²) < 4.78 is 5.50. The molecule has 4 rings (SSSR count). The van der Waals surface area contributed by atoms with Gasteiger partial charge < -0.3 is 14.5 Å². The van der Waals surface area contributed by atoms with E-state index in [-0.39, 0.29) is 6.09 Å². The smallest absolute Gasteiger partial charge is 0.410 e. The van der Waals surface area contributed by atoms with Gasteiger partial charge in [0.2, 0.25) is 0 Å². The first-order valence-electron chi connectivity index (χ1n) is 11.0. The Kier molecular flexibility index (Phi) is 8.07. The number of anilines is 1. The van der Waals surface area contributed by atoms with Crippen molar-refractivity contribution >= 4 is 35.1 Å². The van der Waals surface area contributed by atoms with Crippen molar-refractivity contribution in [2.24, 2.45) is 0 Å². The number of terminal acetylenes is 1. The summed E-state index contributed by atoms with van der Waals surface area (Å²) in [5, 5.41) is 1.17. The maximum Gasteiger partial charge on any atom is 0.410 e. The molecule has 5 nitrogen and oxygen atoms in total. The lowest BCUT2D eigenvalue weighted by molar-refractivity contribution is 0.0295. The minimum absolute atomic E-state index is 0.215. The van der Waals surface area contributed by atoms with Crippen LogP contribution in [0.5, 0.6) is 0 Å².